The molecule has 5 nitrogen and oxygen atoms in total. The van der Waals surface area contributed by atoms with Crippen LogP contribution in [0, 0.1) is 0 Å². The molecule has 1 atom stereocenters. The molecule has 0 heterocycles. The van der Waals surface area contributed by atoms with Crippen molar-refractivity contribution >= 4 is 11.9 Å². The first-order chi connectivity index (χ1) is 19.8. The number of likely N-dealkylation sites (N-methyl/N-ethyl adjacent to an activating group) is 1. The molecule has 0 N–H and O–H groups in total. The number of hydrogen-bond donors (Lipinski definition) is 0. The number of carbonyl (C=O) groups is 2. The lowest BCUT2D eigenvalue weighted by atomic mass is 10.0. The van der Waals surface area contributed by atoms with Crippen LogP contribution in [0.15, 0.2) is 0 Å². The first-order valence-electron chi connectivity index (χ1n) is 17.9. The first-order valence-corrected chi connectivity index (χ1v) is 17.9. The van der Waals surface area contributed by atoms with Gasteiger partial charge in [-0.3, -0.25) is 9.59 Å². The summed E-state index contributed by atoms with van der Waals surface area (Å²) in [5.74, 6) is -0.423. The van der Waals surface area contributed by atoms with Crippen molar-refractivity contribution in [2.75, 3.05) is 34.3 Å². The maximum absolute atomic E-state index is 12.5. The summed E-state index contributed by atoms with van der Waals surface area (Å²) in [6.45, 7) is 5.60. The van der Waals surface area contributed by atoms with Gasteiger partial charge in [-0.05, 0) is 12.8 Å². The third-order valence-electron chi connectivity index (χ3n) is 7.94. The van der Waals surface area contributed by atoms with Gasteiger partial charge in [0.25, 0.3) is 0 Å². The minimum absolute atomic E-state index is 0. The highest BCUT2D eigenvalue weighted by molar-refractivity contribution is 5.72. The van der Waals surface area contributed by atoms with Crippen molar-refractivity contribution in [2.24, 2.45) is 0 Å². The van der Waals surface area contributed by atoms with E-state index < -0.39 is 6.10 Å². The summed E-state index contributed by atoms with van der Waals surface area (Å²) in [7, 11) is 6.18. The van der Waals surface area contributed by atoms with Gasteiger partial charge in [0.05, 0.1) is 34.2 Å². The van der Waals surface area contributed by atoms with Crippen molar-refractivity contribution in [3.8, 4) is 0 Å². The van der Waals surface area contributed by atoms with Crippen LogP contribution in [0.1, 0.15) is 181 Å². The third-order valence-corrected chi connectivity index (χ3v) is 7.94. The van der Waals surface area contributed by atoms with Gasteiger partial charge in [-0.15, -0.1) is 0 Å². The number of quaternary nitrogens is 1. The standard InChI is InChI=1S/C36H72NO4.ClH/c1-6-8-10-12-14-16-17-18-19-20-21-22-24-26-28-30-35(38)41-34(33-37(3,4)5)32-36(39)40-31-29-27-25-23-15-13-11-9-7-2;/h34H,6-33H2,1-5H3;1H/q+1;/p-1. The van der Waals surface area contributed by atoms with Crippen molar-refractivity contribution in [2.45, 2.75) is 187 Å². The van der Waals surface area contributed by atoms with Crippen LogP contribution in [0.4, 0.5) is 0 Å². The van der Waals surface area contributed by atoms with Gasteiger partial charge in [-0.1, -0.05) is 155 Å². The minimum Gasteiger partial charge on any atom is -1.00 e. The van der Waals surface area contributed by atoms with Gasteiger partial charge in [0.2, 0.25) is 0 Å². The van der Waals surface area contributed by atoms with Crippen LogP contribution in [0.3, 0.4) is 0 Å². The van der Waals surface area contributed by atoms with E-state index in [9.17, 15) is 9.59 Å². The lowest BCUT2D eigenvalue weighted by Gasteiger charge is -2.28. The van der Waals surface area contributed by atoms with E-state index in [0.717, 1.165) is 25.7 Å². The maximum Gasteiger partial charge on any atom is 0.309 e. The summed E-state index contributed by atoms with van der Waals surface area (Å²) in [6.07, 6.45) is 31.0. The van der Waals surface area contributed by atoms with E-state index in [0.29, 0.717) is 24.1 Å². The van der Waals surface area contributed by atoms with Crippen LogP contribution in [-0.2, 0) is 19.1 Å². The Morgan fingerprint density at radius 3 is 1.26 bits per heavy atom. The number of halogens is 1. The quantitative estimate of drug-likeness (QED) is 0.0464. The van der Waals surface area contributed by atoms with Crippen molar-refractivity contribution < 1.29 is 36.0 Å². The molecule has 6 heteroatoms. The van der Waals surface area contributed by atoms with Gasteiger partial charge in [-0.25, -0.2) is 0 Å². The molecule has 0 fully saturated rings. The highest BCUT2D eigenvalue weighted by Crippen LogP contribution is 2.15. The van der Waals surface area contributed by atoms with Gasteiger partial charge in [0, 0.05) is 6.42 Å². The molecule has 0 aliphatic carbocycles. The Labute approximate surface area is 268 Å². The Kier molecular flexibility index (Phi) is 32.6. The van der Waals surface area contributed by atoms with Crippen LogP contribution in [-0.4, -0.2) is 56.8 Å². The second-order valence-corrected chi connectivity index (χ2v) is 13.5. The van der Waals surface area contributed by atoms with Gasteiger partial charge < -0.3 is 26.4 Å². The first kappa shape index (κ1) is 43.3. The number of ether oxygens (including phenoxy) is 2. The van der Waals surface area contributed by atoms with Crippen LogP contribution in [0.5, 0.6) is 0 Å². The summed E-state index contributed by atoms with van der Waals surface area (Å²) in [5.41, 5.74) is 0. The Morgan fingerprint density at radius 1 is 0.524 bits per heavy atom. The smallest absolute Gasteiger partial charge is 0.309 e. The van der Waals surface area contributed by atoms with Crippen LogP contribution in [0.25, 0.3) is 0 Å². The second kappa shape index (κ2) is 31.6. The van der Waals surface area contributed by atoms with Crippen molar-refractivity contribution in [3.63, 3.8) is 0 Å². The second-order valence-electron chi connectivity index (χ2n) is 13.5. The molecular weight excluding hydrogens is 546 g/mol. The molecule has 0 aliphatic rings. The average molecular weight is 618 g/mol. The van der Waals surface area contributed by atoms with E-state index in [1.54, 1.807) is 0 Å². The van der Waals surface area contributed by atoms with E-state index in [1.807, 2.05) is 0 Å². The molecule has 0 bridgehead atoms. The van der Waals surface area contributed by atoms with Crippen molar-refractivity contribution in [3.05, 3.63) is 0 Å². The van der Waals surface area contributed by atoms with Gasteiger partial charge >= 0.3 is 11.9 Å². The SMILES string of the molecule is CCCCCCCCCCCCCCCCCC(=O)OC(CC(=O)OCCCCCCCCCCC)C[N+](C)(C)C.[Cl-]. The van der Waals surface area contributed by atoms with Gasteiger partial charge in [-0.2, -0.15) is 0 Å². The summed E-state index contributed by atoms with van der Waals surface area (Å²) in [4.78, 5) is 25.0. The Balaban J connectivity index is 0. The van der Waals surface area contributed by atoms with Crippen molar-refractivity contribution in [1.82, 2.24) is 0 Å². The van der Waals surface area contributed by atoms with Crippen LogP contribution < -0.4 is 12.4 Å². The fraction of sp³-hybridized carbons (Fsp3) is 0.944. The fourth-order valence-electron chi connectivity index (χ4n) is 5.48. The van der Waals surface area contributed by atoms with E-state index in [2.05, 4.69) is 35.0 Å². The zero-order chi connectivity index (χ0) is 30.4. The molecule has 0 aromatic carbocycles. The summed E-state index contributed by atoms with van der Waals surface area (Å²) < 4.78 is 11.9. The molecule has 252 valence electrons. The highest BCUT2D eigenvalue weighted by atomic mass is 35.5. The number of hydrogen-bond acceptors (Lipinski definition) is 4. The molecule has 0 aliphatic heterocycles. The topological polar surface area (TPSA) is 52.6 Å². The number of nitrogens with zero attached hydrogens (tertiary/aromatic N) is 1. The number of esters is 2. The predicted octanol–water partition coefficient (Wildman–Crippen LogP) is 7.33. The summed E-state index contributed by atoms with van der Waals surface area (Å²) in [6, 6.07) is 0. The van der Waals surface area contributed by atoms with Crippen LogP contribution >= 0.6 is 0 Å². The van der Waals surface area contributed by atoms with Gasteiger partial charge in [0.15, 0.2) is 6.10 Å². The lowest BCUT2D eigenvalue weighted by Crippen LogP contribution is -3.00. The summed E-state index contributed by atoms with van der Waals surface area (Å²) in [5, 5.41) is 0. The Morgan fingerprint density at radius 2 is 0.881 bits per heavy atom. The molecule has 0 aromatic rings. The van der Waals surface area contributed by atoms with E-state index in [4.69, 9.17) is 9.47 Å². The molecule has 0 aromatic heterocycles. The highest BCUT2D eigenvalue weighted by Gasteiger charge is 2.25. The number of carbonyl (C=O) groups excluding carboxylic acids is 2. The fourth-order valence-corrected chi connectivity index (χ4v) is 5.48. The number of unbranched alkanes of at least 4 members (excludes halogenated alkanes) is 22. The van der Waals surface area contributed by atoms with Crippen LogP contribution in [0.2, 0.25) is 0 Å². The molecular formula is C36H72ClNO4. The zero-order valence-electron chi connectivity index (χ0n) is 28.8. The van der Waals surface area contributed by atoms with E-state index in [1.165, 1.54) is 128 Å². The monoisotopic (exact) mass is 618 g/mol. The summed E-state index contributed by atoms with van der Waals surface area (Å²) >= 11 is 0. The normalized spacial score (nSPS) is 12.1. The molecule has 0 spiro atoms. The lowest BCUT2D eigenvalue weighted by molar-refractivity contribution is -0.873. The third kappa shape index (κ3) is 33.7. The van der Waals surface area contributed by atoms with E-state index in [-0.39, 0.29) is 30.8 Å². The Bertz CT molecular complexity index is 593. The van der Waals surface area contributed by atoms with Gasteiger partial charge in [0.1, 0.15) is 6.54 Å². The Hall–Kier alpha value is -0.810. The van der Waals surface area contributed by atoms with E-state index >= 15 is 0 Å². The molecule has 0 rings (SSSR count). The number of rotatable bonds is 31. The van der Waals surface area contributed by atoms with Crippen molar-refractivity contribution in [1.29, 1.82) is 0 Å². The zero-order valence-corrected chi connectivity index (χ0v) is 29.6. The molecule has 1 unspecified atom stereocenters. The molecule has 0 saturated carbocycles. The predicted molar refractivity (Wildman–Crippen MR) is 175 cm³/mol. The largest absolute Gasteiger partial charge is 1.00 e. The minimum atomic E-state index is -0.422. The average Bonchev–Trinajstić information content (AvgIpc) is 2.91. The maximum atomic E-state index is 12.5. The molecule has 0 amide bonds. The molecule has 0 saturated heterocycles. The molecule has 0 radical (unpaired) electrons. The molecule has 42 heavy (non-hydrogen) atoms.